The van der Waals surface area contributed by atoms with Crippen LogP contribution in [-0.2, 0) is 11.3 Å². The zero-order valence-electron chi connectivity index (χ0n) is 14.5. The molecule has 0 radical (unpaired) electrons. The van der Waals surface area contributed by atoms with Gasteiger partial charge in [-0.25, -0.2) is 0 Å². The minimum Gasteiger partial charge on any atom is -0.352 e. The van der Waals surface area contributed by atoms with Gasteiger partial charge in [0.2, 0.25) is 5.91 Å². The first-order valence-electron chi connectivity index (χ1n) is 8.38. The maximum absolute atomic E-state index is 12.2. The van der Waals surface area contributed by atoms with Gasteiger partial charge in [0.1, 0.15) is 0 Å². The van der Waals surface area contributed by atoms with Crippen LogP contribution >= 0.6 is 37.2 Å². The second-order valence-electron chi connectivity index (χ2n) is 6.59. The number of nitrogens with zero attached hydrogens (tertiary/aromatic N) is 2. The van der Waals surface area contributed by atoms with Crippen molar-refractivity contribution in [1.29, 1.82) is 0 Å². The summed E-state index contributed by atoms with van der Waals surface area (Å²) in [6.07, 6.45) is 4.95. The summed E-state index contributed by atoms with van der Waals surface area (Å²) >= 11 is 0. The van der Waals surface area contributed by atoms with E-state index in [-0.39, 0.29) is 49.2 Å². The van der Waals surface area contributed by atoms with Gasteiger partial charge in [-0.2, -0.15) is 0 Å². The lowest BCUT2D eigenvalue weighted by atomic mass is 9.93. The Morgan fingerprint density at radius 2 is 2.12 bits per heavy atom. The maximum atomic E-state index is 12.2. The van der Waals surface area contributed by atoms with E-state index < -0.39 is 0 Å². The fourth-order valence-electron chi connectivity index (χ4n) is 3.50. The molecular weight excluding hydrogens is 383 g/mol. The molecule has 5 nitrogen and oxygen atoms in total. The van der Waals surface area contributed by atoms with Crippen molar-refractivity contribution in [1.82, 2.24) is 20.5 Å². The highest BCUT2D eigenvalue weighted by Crippen LogP contribution is 2.19. The number of rotatable bonds is 4. The Hall–Kier alpha value is -0.590. The highest BCUT2D eigenvalue weighted by molar-refractivity contribution is 5.86. The molecule has 8 heteroatoms. The third kappa shape index (κ3) is 6.91. The van der Waals surface area contributed by atoms with E-state index in [1.807, 2.05) is 18.3 Å². The van der Waals surface area contributed by atoms with Gasteiger partial charge in [0.05, 0.1) is 11.7 Å². The van der Waals surface area contributed by atoms with Crippen LogP contribution in [0.3, 0.4) is 0 Å². The molecule has 2 N–H and O–H groups in total. The maximum Gasteiger partial charge on any atom is 0.237 e. The predicted octanol–water partition coefficient (Wildman–Crippen LogP) is 2.43. The van der Waals surface area contributed by atoms with Crippen LogP contribution in [0.4, 0.5) is 0 Å². The fourth-order valence-corrected chi connectivity index (χ4v) is 3.50. The van der Waals surface area contributed by atoms with Crippen LogP contribution in [0.1, 0.15) is 31.9 Å². The molecule has 1 aromatic heterocycles. The van der Waals surface area contributed by atoms with Crippen LogP contribution in [0.25, 0.3) is 0 Å². The molecule has 2 unspecified atom stereocenters. The summed E-state index contributed by atoms with van der Waals surface area (Å²) < 4.78 is 0. The van der Waals surface area contributed by atoms with E-state index in [2.05, 4.69) is 33.5 Å². The third-order valence-electron chi connectivity index (χ3n) is 4.81. The van der Waals surface area contributed by atoms with Gasteiger partial charge in [-0.1, -0.05) is 13.0 Å². The zero-order chi connectivity index (χ0) is 15.4. The van der Waals surface area contributed by atoms with Crippen molar-refractivity contribution in [2.75, 3.05) is 19.6 Å². The van der Waals surface area contributed by atoms with Gasteiger partial charge in [-0.3, -0.25) is 14.7 Å². The molecule has 1 amide bonds. The van der Waals surface area contributed by atoms with Crippen LogP contribution in [0.15, 0.2) is 24.4 Å². The van der Waals surface area contributed by atoms with Crippen molar-refractivity contribution >= 4 is 43.1 Å². The molecule has 0 aromatic carbocycles. The van der Waals surface area contributed by atoms with Crippen LogP contribution < -0.4 is 10.6 Å². The van der Waals surface area contributed by atoms with E-state index in [1.165, 1.54) is 0 Å². The van der Waals surface area contributed by atoms with Crippen LogP contribution in [0.2, 0.25) is 0 Å². The van der Waals surface area contributed by atoms with Crippen molar-refractivity contribution in [2.45, 2.75) is 44.8 Å². The first-order chi connectivity index (χ1) is 10.7. The number of hydrogen-bond acceptors (Lipinski definition) is 4. The molecule has 2 saturated heterocycles. The van der Waals surface area contributed by atoms with E-state index in [9.17, 15) is 4.79 Å². The summed E-state index contributed by atoms with van der Waals surface area (Å²) in [6.45, 7) is 6.13. The van der Waals surface area contributed by atoms with Gasteiger partial charge in [-0.05, 0) is 43.9 Å². The summed E-state index contributed by atoms with van der Waals surface area (Å²) in [6, 6.07) is 6.39. The lowest BCUT2D eigenvalue weighted by Crippen LogP contribution is -2.53. The molecule has 2 fully saturated rings. The molecular formula is C17H29Cl3N4O. The predicted molar refractivity (Wildman–Crippen MR) is 108 cm³/mol. The second-order valence-corrected chi connectivity index (χ2v) is 6.59. The Balaban J connectivity index is 0.00000192. The van der Waals surface area contributed by atoms with Crippen molar-refractivity contribution in [2.24, 2.45) is 5.92 Å². The number of halogens is 3. The van der Waals surface area contributed by atoms with E-state index in [0.717, 1.165) is 51.1 Å². The van der Waals surface area contributed by atoms with E-state index in [1.54, 1.807) is 0 Å². The normalized spacial score (nSPS) is 25.9. The number of piperidine rings is 1. The van der Waals surface area contributed by atoms with E-state index in [4.69, 9.17) is 0 Å². The molecule has 0 aliphatic carbocycles. The molecule has 1 aromatic rings. The highest BCUT2D eigenvalue weighted by Gasteiger charge is 2.30. The number of carbonyl (C=O) groups is 1. The number of likely N-dealkylation sites (tertiary alicyclic amines) is 1. The standard InChI is InChI=1S/C17H26N4O.3ClH/c1-13-11-21(12-14-5-2-3-8-18-14)10-7-15(13)20-17(22)16-6-4-9-19-16;;;/h2-3,5,8,13,15-16,19H,4,6-7,9-12H2,1H3,(H,20,22);3*1H/t13?,15?,16-;;;/m0.../s1. The highest BCUT2D eigenvalue weighted by atomic mass is 35.5. The molecule has 0 saturated carbocycles. The van der Waals surface area contributed by atoms with Gasteiger partial charge < -0.3 is 10.6 Å². The first-order valence-corrected chi connectivity index (χ1v) is 8.38. The molecule has 0 bridgehead atoms. The monoisotopic (exact) mass is 410 g/mol. The molecule has 3 rings (SSSR count). The van der Waals surface area contributed by atoms with E-state index in [0.29, 0.717) is 12.0 Å². The summed E-state index contributed by atoms with van der Waals surface area (Å²) in [5, 5.41) is 6.52. The smallest absolute Gasteiger partial charge is 0.237 e. The van der Waals surface area contributed by atoms with Gasteiger partial charge >= 0.3 is 0 Å². The first kappa shape index (κ1) is 24.4. The molecule has 144 valence electrons. The van der Waals surface area contributed by atoms with Crippen LogP contribution in [-0.4, -0.2) is 47.5 Å². The lowest BCUT2D eigenvalue weighted by molar-refractivity contribution is -0.124. The van der Waals surface area contributed by atoms with Crippen molar-refractivity contribution in [3.8, 4) is 0 Å². The lowest BCUT2D eigenvalue weighted by Gasteiger charge is -2.37. The largest absolute Gasteiger partial charge is 0.352 e. The van der Waals surface area contributed by atoms with Crippen molar-refractivity contribution in [3.63, 3.8) is 0 Å². The van der Waals surface area contributed by atoms with Crippen molar-refractivity contribution in [3.05, 3.63) is 30.1 Å². The van der Waals surface area contributed by atoms with Gasteiger partial charge in [0.25, 0.3) is 0 Å². The van der Waals surface area contributed by atoms with Crippen molar-refractivity contribution < 1.29 is 4.79 Å². The Kier molecular flexibility index (Phi) is 11.6. The molecule has 2 aliphatic rings. The average molecular weight is 412 g/mol. The molecule has 3 heterocycles. The summed E-state index contributed by atoms with van der Waals surface area (Å²) in [7, 11) is 0. The number of carbonyl (C=O) groups excluding carboxylic acids is 1. The Morgan fingerprint density at radius 1 is 1.32 bits per heavy atom. The minimum absolute atomic E-state index is 0. The SMILES string of the molecule is CC1CN(Cc2ccccn2)CCC1NC(=O)[C@@H]1CCCN1.Cl.Cl.Cl. The molecule has 2 aliphatic heterocycles. The minimum atomic E-state index is 0. The molecule has 3 atom stereocenters. The molecule has 0 spiro atoms. The average Bonchev–Trinajstić information content (AvgIpc) is 3.05. The summed E-state index contributed by atoms with van der Waals surface area (Å²) in [4.78, 5) is 19.1. The van der Waals surface area contributed by atoms with Crippen LogP contribution in [0, 0.1) is 5.92 Å². The van der Waals surface area contributed by atoms with Crippen LogP contribution in [0.5, 0.6) is 0 Å². The summed E-state index contributed by atoms with van der Waals surface area (Å²) in [5.74, 6) is 0.662. The third-order valence-corrected chi connectivity index (χ3v) is 4.81. The number of amides is 1. The number of pyridine rings is 1. The van der Waals surface area contributed by atoms with E-state index >= 15 is 0 Å². The number of nitrogens with one attached hydrogen (secondary N) is 2. The Bertz CT molecular complexity index is 500. The zero-order valence-corrected chi connectivity index (χ0v) is 17.0. The number of aromatic nitrogens is 1. The van der Waals surface area contributed by atoms with Gasteiger partial charge in [0.15, 0.2) is 0 Å². The quantitative estimate of drug-likeness (QED) is 0.799. The molecule has 25 heavy (non-hydrogen) atoms. The summed E-state index contributed by atoms with van der Waals surface area (Å²) in [5.41, 5.74) is 1.12. The second kappa shape index (κ2) is 11.9. The number of hydrogen-bond donors (Lipinski definition) is 2. The van der Waals surface area contributed by atoms with Gasteiger partial charge in [0, 0.05) is 31.9 Å². The topological polar surface area (TPSA) is 57.3 Å². The Labute approximate surface area is 168 Å². The van der Waals surface area contributed by atoms with Gasteiger partial charge in [-0.15, -0.1) is 37.2 Å². The fraction of sp³-hybridized carbons (Fsp3) is 0.647. The Morgan fingerprint density at radius 3 is 2.72 bits per heavy atom.